The molecule has 0 radical (unpaired) electrons. The Labute approximate surface area is 235 Å². The Morgan fingerprint density at radius 1 is 0.744 bits per heavy atom. The molecule has 2 saturated heterocycles. The predicted molar refractivity (Wildman–Crippen MR) is 153 cm³/mol. The molecule has 0 aromatic carbocycles. The van der Waals surface area contributed by atoms with Gasteiger partial charge in [0.15, 0.2) is 0 Å². The molecule has 2 aliphatic rings. The van der Waals surface area contributed by atoms with E-state index in [1.165, 1.54) is 9.80 Å². The number of hydrogen-bond donors (Lipinski definition) is 0. The van der Waals surface area contributed by atoms with Gasteiger partial charge in [-0.3, -0.25) is 19.4 Å². The molecular weight excluding hydrogens is 496 g/mol. The highest BCUT2D eigenvalue weighted by atomic mass is 16.5. The van der Waals surface area contributed by atoms with E-state index in [-0.39, 0.29) is 42.4 Å². The number of carbonyl (C=O) groups excluding carboxylic acids is 4. The molecule has 9 nitrogen and oxygen atoms in total. The molecule has 2 heterocycles. The molecule has 0 aliphatic carbocycles. The van der Waals surface area contributed by atoms with Crippen molar-refractivity contribution >= 4 is 23.9 Å². The molecule has 222 valence electrons. The van der Waals surface area contributed by atoms with Crippen molar-refractivity contribution in [2.75, 3.05) is 45.9 Å². The summed E-state index contributed by atoms with van der Waals surface area (Å²) in [7, 11) is 0. The van der Waals surface area contributed by atoms with Crippen LogP contribution in [0, 0.1) is 5.41 Å². The molecule has 2 fully saturated rings. The molecular formula is C30H52N4O5. The molecule has 0 spiro atoms. The second kappa shape index (κ2) is 15.4. The van der Waals surface area contributed by atoms with Gasteiger partial charge in [-0.15, -0.1) is 6.58 Å². The van der Waals surface area contributed by atoms with Crippen molar-refractivity contribution in [3.05, 3.63) is 12.7 Å². The van der Waals surface area contributed by atoms with Gasteiger partial charge in [0.25, 0.3) is 5.91 Å². The maximum absolute atomic E-state index is 12.7. The summed E-state index contributed by atoms with van der Waals surface area (Å²) >= 11 is 0. The topological polar surface area (TPSA) is 90.5 Å². The number of nitrogens with zero attached hydrogens (tertiary/aromatic N) is 4. The Bertz CT molecular complexity index is 858. The van der Waals surface area contributed by atoms with Gasteiger partial charge >= 0.3 is 12.1 Å². The van der Waals surface area contributed by atoms with Crippen molar-refractivity contribution in [3.8, 4) is 0 Å². The molecule has 9 heteroatoms. The predicted octanol–water partition coefficient (Wildman–Crippen LogP) is 5.44. The van der Waals surface area contributed by atoms with E-state index in [1.807, 2.05) is 20.8 Å². The average molecular weight is 549 g/mol. The van der Waals surface area contributed by atoms with Crippen molar-refractivity contribution in [3.63, 3.8) is 0 Å². The van der Waals surface area contributed by atoms with Crippen LogP contribution in [0.1, 0.15) is 98.8 Å². The second-order valence-corrected chi connectivity index (χ2v) is 11.0. The molecule has 0 aromatic rings. The quantitative estimate of drug-likeness (QED) is 0.115. The minimum absolute atomic E-state index is 0.0813. The van der Waals surface area contributed by atoms with E-state index in [2.05, 4.69) is 20.4 Å². The highest BCUT2D eigenvalue weighted by molar-refractivity contribution is 6.03. The van der Waals surface area contributed by atoms with Gasteiger partial charge in [0.2, 0.25) is 5.91 Å². The number of unbranched alkanes of at least 4 members (excludes halogenated alkanes) is 2. The standard InChI is InChI=1S/C30H52N4O5/c1-7-29(8-2,19-20-33-25(35)23-31(11-5)27(33)37)17-13-15-21-39-22-16-14-18-30(9-3,10-4)34-26(36)24-32(12-6)28(34)38/h9H,3,7-8,10-24H2,1-2,4-6H3. The first-order valence-corrected chi connectivity index (χ1v) is 15.1. The molecule has 1 atom stereocenters. The Morgan fingerprint density at radius 3 is 1.79 bits per heavy atom. The van der Waals surface area contributed by atoms with Crippen LogP contribution in [0.25, 0.3) is 0 Å². The zero-order chi connectivity index (χ0) is 29.1. The fraction of sp³-hybridized carbons (Fsp3) is 0.800. The Kier molecular flexibility index (Phi) is 12.9. The van der Waals surface area contributed by atoms with Gasteiger partial charge in [-0.05, 0) is 64.2 Å². The second-order valence-electron chi connectivity index (χ2n) is 11.0. The lowest BCUT2D eigenvalue weighted by atomic mass is 9.75. The van der Waals surface area contributed by atoms with E-state index < -0.39 is 5.54 Å². The molecule has 39 heavy (non-hydrogen) atoms. The number of carbonyl (C=O) groups is 4. The summed E-state index contributed by atoms with van der Waals surface area (Å²) in [6.07, 6.45) is 10.8. The summed E-state index contributed by atoms with van der Waals surface area (Å²) in [6.45, 7) is 17.5. The number of rotatable bonds is 20. The third kappa shape index (κ3) is 7.83. The molecule has 2 aliphatic heterocycles. The van der Waals surface area contributed by atoms with E-state index in [4.69, 9.17) is 4.74 Å². The van der Waals surface area contributed by atoms with E-state index in [1.54, 1.807) is 15.9 Å². The van der Waals surface area contributed by atoms with Crippen LogP contribution >= 0.6 is 0 Å². The number of imide groups is 2. The average Bonchev–Trinajstić information content (AvgIpc) is 3.40. The Morgan fingerprint density at radius 2 is 1.31 bits per heavy atom. The summed E-state index contributed by atoms with van der Waals surface area (Å²) in [5, 5.41) is 0. The monoisotopic (exact) mass is 548 g/mol. The largest absolute Gasteiger partial charge is 0.381 e. The lowest BCUT2D eigenvalue weighted by Crippen LogP contribution is -2.50. The third-order valence-electron chi connectivity index (χ3n) is 9.13. The zero-order valence-corrected chi connectivity index (χ0v) is 25.1. The van der Waals surface area contributed by atoms with E-state index in [9.17, 15) is 19.2 Å². The summed E-state index contributed by atoms with van der Waals surface area (Å²) in [6, 6.07) is -0.361. The van der Waals surface area contributed by atoms with Crippen molar-refractivity contribution in [2.45, 2.75) is 104 Å². The molecule has 0 bridgehead atoms. The van der Waals surface area contributed by atoms with Crippen LogP contribution in [-0.4, -0.2) is 95.0 Å². The van der Waals surface area contributed by atoms with E-state index in [0.717, 1.165) is 51.4 Å². The smallest absolute Gasteiger partial charge is 0.327 e. The van der Waals surface area contributed by atoms with Gasteiger partial charge < -0.3 is 14.5 Å². The highest BCUT2D eigenvalue weighted by Crippen LogP contribution is 2.37. The van der Waals surface area contributed by atoms with E-state index >= 15 is 0 Å². The van der Waals surface area contributed by atoms with Crippen LogP contribution in [0.3, 0.4) is 0 Å². The number of urea groups is 2. The van der Waals surface area contributed by atoms with Crippen molar-refractivity contribution < 1.29 is 23.9 Å². The van der Waals surface area contributed by atoms with Crippen LogP contribution in [0.15, 0.2) is 12.7 Å². The van der Waals surface area contributed by atoms with Crippen LogP contribution in [0.5, 0.6) is 0 Å². The van der Waals surface area contributed by atoms with Gasteiger partial charge in [-0.1, -0.05) is 46.1 Å². The highest BCUT2D eigenvalue weighted by Gasteiger charge is 2.46. The van der Waals surface area contributed by atoms with Gasteiger partial charge in [-0.2, -0.15) is 0 Å². The van der Waals surface area contributed by atoms with Gasteiger partial charge in [0.05, 0.1) is 5.54 Å². The summed E-state index contributed by atoms with van der Waals surface area (Å²) in [4.78, 5) is 56.1. The van der Waals surface area contributed by atoms with Crippen LogP contribution < -0.4 is 0 Å². The third-order valence-corrected chi connectivity index (χ3v) is 9.13. The molecule has 2 rings (SSSR count). The summed E-state index contributed by atoms with van der Waals surface area (Å²) < 4.78 is 5.91. The molecule has 0 N–H and O–H groups in total. The number of hydrogen-bond acceptors (Lipinski definition) is 5. The van der Waals surface area contributed by atoms with E-state index in [0.29, 0.717) is 45.7 Å². The molecule has 0 saturated carbocycles. The van der Waals surface area contributed by atoms with Crippen LogP contribution in [-0.2, 0) is 14.3 Å². The first kappa shape index (κ1) is 32.8. The lowest BCUT2D eigenvalue weighted by Gasteiger charge is -2.37. The van der Waals surface area contributed by atoms with Crippen molar-refractivity contribution in [1.82, 2.24) is 19.6 Å². The molecule has 1 unspecified atom stereocenters. The summed E-state index contributed by atoms with van der Waals surface area (Å²) in [5.41, 5.74) is -0.507. The molecule has 6 amide bonds. The fourth-order valence-electron chi connectivity index (χ4n) is 5.95. The minimum Gasteiger partial charge on any atom is -0.381 e. The molecule has 0 aromatic heterocycles. The number of likely N-dealkylation sites (N-methyl/N-ethyl adjacent to an activating group) is 2. The SMILES string of the molecule is C=CC(CC)(CCCCOCCCCC(CC)(CC)CCN1C(=O)CN(CC)C1=O)N1C(=O)CN(CC)C1=O. The minimum atomic E-state index is -0.638. The van der Waals surface area contributed by atoms with Crippen LogP contribution in [0.4, 0.5) is 9.59 Å². The maximum Gasteiger partial charge on any atom is 0.327 e. The number of ether oxygens (including phenoxy) is 1. The summed E-state index contributed by atoms with van der Waals surface area (Å²) in [5.74, 6) is -0.223. The van der Waals surface area contributed by atoms with Crippen molar-refractivity contribution in [1.29, 1.82) is 0 Å². The first-order chi connectivity index (χ1) is 18.7. The van der Waals surface area contributed by atoms with Crippen molar-refractivity contribution in [2.24, 2.45) is 5.41 Å². The Hall–Kier alpha value is -2.42. The zero-order valence-electron chi connectivity index (χ0n) is 25.1. The lowest BCUT2D eigenvalue weighted by molar-refractivity contribution is -0.129. The van der Waals surface area contributed by atoms with Gasteiger partial charge in [0.1, 0.15) is 13.1 Å². The maximum atomic E-state index is 12.7. The fourth-order valence-corrected chi connectivity index (χ4v) is 5.95. The van der Waals surface area contributed by atoms with Crippen LogP contribution in [0.2, 0.25) is 0 Å². The van der Waals surface area contributed by atoms with Gasteiger partial charge in [-0.25, -0.2) is 9.59 Å². The number of amides is 6. The normalized spacial score (nSPS) is 18.1. The Balaban J connectivity index is 1.70. The first-order valence-electron chi connectivity index (χ1n) is 15.1. The van der Waals surface area contributed by atoms with Gasteiger partial charge in [0, 0.05) is 32.8 Å².